The van der Waals surface area contributed by atoms with Crippen LogP contribution in [0.5, 0.6) is 0 Å². The third kappa shape index (κ3) is 2.83. The molecular weight excluding hydrogens is 278 g/mol. The molecule has 1 aromatic carbocycles. The molecule has 3 heteroatoms. The lowest BCUT2D eigenvalue weighted by Crippen LogP contribution is -2.20. The Bertz CT molecular complexity index is 392. The number of hydrogen-bond acceptors (Lipinski definition) is 2. The van der Waals surface area contributed by atoms with Gasteiger partial charge in [0.05, 0.1) is 11.8 Å². The smallest absolute Gasteiger partial charge is 0.0762 e. The third-order valence-corrected chi connectivity index (χ3v) is 4.29. The van der Waals surface area contributed by atoms with E-state index in [4.69, 9.17) is 0 Å². The molecule has 0 radical (unpaired) electrons. The van der Waals surface area contributed by atoms with Crippen molar-refractivity contribution < 1.29 is 5.11 Å². The van der Waals surface area contributed by atoms with Gasteiger partial charge >= 0.3 is 0 Å². The molecule has 17 heavy (non-hydrogen) atoms. The Hall–Kier alpha value is -0.540. The summed E-state index contributed by atoms with van der Waals surface area (Å²) in [5.41, 5.74) is 2.22. The second kappa shape index (κ2) is 5.40. The fourth-order valence-electron chi connectivity index (χ4n) is 2.42. The minimum atomic E-state index is -0.401. The number of aliphatic hydroxyl groups excluding tert-OH is 1. The molecule has 0 aliphatic carbocycles. The van der Waals surface area contributed by atoms with Crippen LogP contribution in [0.1, 0.15) is 38.4 Å². The van der Waals surface area contributed by atoms with Gasteiger partial charge in [0.2, 0.25) is 0 Å². The predicted molar refractivity (Wildman–Crippen MR) is 75.4 cm³/mol. The summed E-state index contributed by atoms with van der Waals surface area (Å²) in [6, 6.07) is 6.16. The van der Waals surface area contributed by atoms with Gasteiger partial charge in [-0.25, -0.2) is 0 Å². The Morgan fingerprint density at radius 1 is 1.53 bits per heavy atom. The molecule has 0 amide bonds. The fourth-order valence-corrected chi connectivity index (χ4v) is 3.07. The van der Waals surface area contributed by atoms with Crippen molar-refractivity contribution in [1.29, 1.82) is 0 Å². The first kappa shape index (κ1) is 12.9. The van der Waals surface area contributed by atoms with E-state index in [0.717, 1.165) is 29.0 Å². The van der Waals surface area contributed by atoms with Crippen LogP contribution in [0.4, 0.5) is 5.69 Å². The molecule has 1 fully saturated rings. The van der Waals surface area contributed by atoms with Crippen molar-refractivity contribution in [1.82, 2.24) is 0 Å². The molecule has 2 atom stereocenters. The lowest BCUT2D eigenvalue weighted by atomic mass is 10.1. The summed E-state index contributed by atoms with van der Waals surface area (Å²) in [6.07, 6.45) is 2.16. The van der Waals surface area contributed by atoms with E-state index in [1.165, 1.54) is 18.5 Å². The van der Waals surface area contributed by atoms with Crippen LogP contribution in [0.3, 0.4) is 0 Å². The summed E-state index contributed by atoms with van der Waals surface area (Å²) in [5, 5.41) is 9.55. The molecule has 2 nitrogen and oxygen atoms in total. The topological polar surface area (TPSA) is 23.5 Å². The molecule has 0 spiro atoms. The Labute approximate surface area is 112 Å². The molecule has 1 aliphatic heterocycles. The predicted octanol–water partition coefficient (Wildman–Crippen LogP) is 3.74. The van der Waals surface area contributed by atoms with Crippen molar-refractivity contribution in [3.63, 3.8) is 0 Å². The molecule has 0 bridgehead atoms. The molecule has 94 valence electrons. The minimum Gasteiger partial charge on any atom is -0.389 e. The molecule has 0 aromatic heterocycles. The average Bonchev–Trinajstić information content (AvgIpc) is 2.77. The van der Waals surface area contributed by atoms with Crippen LogP contribution in [0.2, 0.25) is 0 Å². The Morgan fingerprint density at radius 3 is 2.82 bits per heavy atom. The lowest BCUT2D eigenvalue weighted by Gasteiger charge is -2.21. The number of nitrogens with zero attached hydrogens (tertiary/aromatic N) is 1. The molecular formula is C14H20BrNO. The average molecular weight is 298 g/mol. The van der Waals surface area contributed by atoms with E-state index < -0.39 is 6.10 Å². The van der Waals surface area contributed by atoms with Crippen LogP contribution in [0, 0.1) is 5.92 Å². The molecule has 1 N–H and O–H groups in total. The summed E-state index contributed by atoms with van der Waals surface area (Å²) in [6.45, 7) is 6.36. The largest absolute Gasteiger partial charge is 0.389 e. The highest BCUT2D eigenvalue weighted by Crippen LogP contribution is 2.33. The van der Waals surface area contributed by atoms with Crippen LogP contribution in [0.15, 0.2) is 22.7 Å². The zero-order valence-corrected chi connectivity index (χ0v) is 12.1. The highest BCUT2D eigenvalue weighted by Gasteiger charge is 2.22. The van der Waals surface area contributed by atoms with Crippen molar-refractivity contribution >= 4 is 21.6 Å². The molecule has 1 heterocycles. The van der Waals surface area contributed by atoms with E-state index in [0.29, 0.717) is 0 Å². The van der Waals surface area contributed by atoms with E-state index >= 15 is 0 Å². The summed E-state index contributed by atoms with van der Waals surface area (Å²) in [7, 11) is 0. The summed E-state index contributed by atoms with van der Waals surface area (Å²) in [5.74, 6) is 0.832. The van der Waals surface area contributed by atoms with Crippen LogP contribution >= 0.6 is 15.9 Å². The zero-order valence-electron chi connectivity index (χ0n) is 10.5. The van der Waals surface area contributed by atoms with E-state index in [1.54, 1.807) is 6.92 Å². The van der Waals surface area contributed by atoms with Crippen molar-refractivity contribution in [3.05, 3.63) is 28.2 Å². The monoisotopic (exact) mass is 297 g/mol. The van der Waals surface area contributed by atoms with Crippen LogP contribution in [0.25, 0.3) is 0 Å². The fraction of sp³-hybridized carbons (Fsp3) is 0.571. The van der Waals surface area contributed by atoms with Crippen molar-refractivity contribution in [2.24, 2.45) is 5.92 Å². The maximum absolute atomic E-state index is 9.55. The number of benzene rings is 1. The normalized spacial score (nSPS) is 21.9. The van der Waals surface area contributed by atoms with Gasteiger partial charge in [-0.2, -0.15) is 0 Å². The number of rotatable bonds is 3. The van der Waals surface area contributed by atoms with Gasteiger partial charge in [-0.15, -0.1) is 0 Å². The van der Waals surface area contributed by atoms with Crippen LogP contribution in [-0.2, 0) is 0 Å². The molecule has 1 aliphatic rings. The number of anilines is 1. The quantitative estimate of drug-likeness (QED) is 0.919. The van der Waals surface area contributed by atoms with E-state index in [1.807, 2.05) is 12.1 Å². The first-order valence-corrected chi connectivity index (χ1v) is 7.13. The van der Waals surface area contributed by atoms with Gasteiger partial charge in [-0.3, -0.25) is 0 Å². The number of aliphatic hydroxyl groups is 1. The SMILES string of the molecule is CCC1CCN(c2ccc(C(C)O)cc2Br)C1. The standard InChI is InChI=1S/C14H20BrNO/c1-3-11-6-7-16(9-11)14-5-4-12(10(2)17)8-13(14)15/h4-5,8,10-11,17H,3,6-7,9H2,1-2H3. The van der Waals surface area contributed by atoms with Crippen molar-refractivity contribution in [2.45, 2.75) is 32.8 Å². The molecule has 2 rings (SSSR count). The van der Waals surface area contributed by atoms with Gasteiger partial charge in [-0.05, 0) is 52.9 Å². The Morgan fingerprint density at radius 2 is 2.29 bits per heavy atom. The lowest BCUT2D eigenvalue weighted by molar-refractivity contribution is 0.199. The summed E-state index contributed by atoms with van der Waals surface area (Å²) >= 11 is 3.61. The van der Waals surface area contributed by atoms with Crippen molar-refractivity contribution in [2.75, 3.05) is 18.0 Å². The van der Waals surface area contributed by atoms with Crippen LogP contribution < -0.4 is 4.90 Å². The first-order chi connectivity index (χ1) is 8.11. The van der Waals surface area contributed by atoms with Gasteiger partial charge < -0.3 is 10.0 Å². The van der Waals surface area contributed by atoms with E-state index in [2.05, 4.69) is 33.8 Å². The van der Waals surface area contributed by atoms with Crippen molar-refractivity contribution in [3.8, 4) is 0 Å². The van der Waals surface area contributed by atoms with Gasteiger partial charge in [0.15, 0.2) is 0 Å². The first-order valence-electron chi connectivity index (χ1n) is 6.34. The molecule has 1 saturated heterocycles. The maximum Gasteiger partial charge on any atom is 0.0762 e. The molecule has 2 unspecified atom stereocenters. The molecule has 1 aromatic rings. The molecule has 0 saturated carbocycles. The second-order valence-electron chi connectivity index (χ2n) is 4.90. The Balaban J connectivity index is 2.17. The zero-order chi connectivity index (χ0) is 12.4. The maximum atomic E-state index is 9.55. The highest BCUT2D eigenvalue weighted by molar-refractivity contribution is 9.10. The minimum absolute atomic E-state index is 0.401. The van der Waals surface area contributed by atoms with Crippen LogP contribution in [-0.4, -0.2) is 18.2 Å². The van der Waals surface area contributed by atoms with Gasteiger partial charge in [0.1, 0.15) is 0 Å². The van der Waals surface area contributed by atoms with E-state index in [9.17, 15) is 5.11 Å². The second-order valence-corrected chi connectivity index (χ2v) is 5.75. The van der Waals surface area contributed by atoms with Gasteiger partial charge in [-0.1, -0.05) is 19.4 Å². The van der Waals surface area contributed by atoms with E-state index in [-0.39, 0.29) is 0 Å². The number of halogens is 1. The van der Waals surface area contributed by atoms with Gasteiger partial charge in [0, 0.05) is 17.6 Å². The highest BCUT2D eigenvalue weighted by atomic mass is 79.9. The Kier molecular flexibility index (Phi) is 4.10. The summed E-state index contributed by atoms with van der Waals surface area (Å²) in [4.78, 5) is 2.43. The summed E-state index contributed by atoms with van der Waals surface area (Å²) < 4.78 is 1.09. The third-order valence-electron chi connectivity index (χ3n) is 3.66. The number of hydrogen-bond donors (Lipinski definition) is 1. The van der Waals surface area contributed by atoms with Gasteiger partial charge in [0.25, 0.3) is 0 Å².